The van der Waals surface area contributed by atoms with Gasteiger partial charge in [0.25, 0.3) is 5.91 Å². The number of nitrogens with one attached hydrogen (secondary N) is 2. The average molecular weight is 477 g/mol. The molecule has 2 atom stereocenters. The van der Waals surface area contributed by atoms with E-state index in [0.717, 1.165) is 41.0 Å². The van der Waals surface area contributed by atoms with Crippen LogP contribution in [0.25, 0.3) is 0 Å². The molecule has 5 nitrogen and oxygen atoms in total. The van der Waals surface area contributed by atoms with Crippen molar-refractivity contribution in [3.8, 4) is 11.5 Å². The van der Waals surface area contributed by atoms with Crippen molar-refractivity contribution in [2.24, 2.45) is 11.3 Å². The predicted molar refractivity (Wildman–Crippen MR) is 137 cm³/mol. The van der Waals surface area contributed by atoms with Gasteiger partial charge in [-0.1, -0.05) is 57.2 Å². The molecule has 2 N–H and O–H groups in total. The zero-order valence-electron chi connectivity index (χ0n) is 20.2. The van der Waals surface area contributed by atoms with Crippen LogP contribution in [0.15, 0.2) is 48.5 Å². The van der Waals surface area contributed by atoms with E-state index in [0.29, 0.717) is 24.0 Å². The highest BCUT2D eigenvalue weighted by Gasteiger charge is 2.36. The standard InChI is InChI=1S/C28H32N2O3S/c1-28(2,3)19-11-12-20-23(15-19)34-27-24(20)26(31)29-25(30-27)18-10-13-21(22(14-18)32-4)33-16-17-8-6-5-7-9-17/h5-10,13-14,19,25,30H,11-12,15-16H2,1-4H3,(H,29,31)/t19-,25-/m0/s1. The largest absolute Gasteiger partial charge is 0.493 e. The molecule has 2 aromatic carbocycles. The van der Waals surface area contributed by atoms with Gasteiger partial charge in [-0.25, -0.2) is 0 Å². The van der Waals surface area contributed by atoms with Gasteiger partial charge >= 0.3 is 0 Å². The number of amides is 1. The molecular formula is C28H32N2O3S. The number of methoxy groups -OCH3 is 1. The molecular weight excluding hydrogens is 444 g/mol. The number of carbonyl (C=O) groups is 1. The monoisotopic (exact) mass is 476 g/mol. The second-order valence-electron chi connectivity index (χ2n) is 10.2. The third-order valence-electron chi connectivity index (χ3n) is 7.03. The van der Waals surface area contributed by atoms with Gasteiger partial charge in [0.05, 0.1) is 12.7 Å². The number of ether oxygens (including phenoxy) is 2. The summed E-state index contributed by atoms with van der Waals surface area (Å²) in [4.78, 5) is 14.5. The van der Waals surface area contributed by atoms with Crippen molar-refractivity contribution in [1.29, 1.82) is 0 Å². The number of fused-ring (bicyclic) bond motifs is 3. The van der Waals surface area contributed by atoms with Crippen LogP contribution in [0.1, 0.15) is 65.3 Å². The van der Waals surface area contributed by atoms with Crippen LogP contribution < -0.4 is 20.1 Å². The average Bonchev–Trinajstić information content (AvgIpc) is 3.21. The fraction of sp³-hybridized carbons (Fsp3) is 0.393. The Bertz CT molecular complexity index is 1200. The molecule has 0 bridgehead atoms. The smallest absolute Gasteiger partial charge is 0.256 e. The van der Waals surface area contributed by atoms with Crippen LogP contribution in [0.4, 0.5) is 5.00 Å². The first-order valence-electron chi connectivity index (χ1n) is 11.9. The maximum Gasteiger partial charge on any atom is 0.256 e. The summed E-state index contributed by atoms with van der Waals surface area (Å²) in [5.74, 6) is 1.98. The fourth-order valence-electron chi connectivity index (χ4n) is 4.92. The summed E-state index contributed by atoms with van der Waals surface area (Å²) in [6.07, 6.45) is 2.86. The van der Waals surface area contributed by atoms with Crippen molar-refractivity contribution < 1.29 is 14.3 Å². The fourth-order valence-corrected chi connectivity index (χ4v) is 6.28. The molecule has 6 heteroatoms. The third-order valence-corrected chi connectivity index (χ3v) is 8.21. The van der Waals surface area contributed by atoms with E-state index >= 15 is 0 Å². The SMILES string of the molecule is COc1cc([C@H]2NC(=O)c3c(sc4c3CC[C@H](C(C)(C)C)C4)N2)ccc1OCc1ccccc1. The van der Waals surface area contributed by atoms with Gasteiger partial charge in [-0.05, 0) is 59.4 Å². The Balaban J connectivity index is 1.35. The normalized spacial score (nSPS) is 19.5. The zero-order valence-corrected chi connectivity index (χ0v) is 21.1. The van der Waals surface area contributed by atoms with Crippen LogP contribution >= 0.6 is 11.3 Å². The van der Waals surface area contributed by atoms with Gasteiger partial charge in [0.2, 0.25) is 0 Å². The van der Waals surface area contributed by atoms with Crippen molar-refractivity contribution >= 4 is 22.2 Å². The van der Waals surface area contributed by atoms with Gasteiger partial charge < -0.3 is 20.1 Å². The summed E-state index contributed by atoms with van der Waals surface area (Å²) < 4.78 is 11.6. The Kier molecular flexibility index (Phi) is 6.02. The molecule has 0 fully saturated rings. The lowest BCUT2D eigenvalue weighted by Gasteiger charge is -2.34. The third kappa shape index (κ3) is 4.39. The molecule has 178 valence electrons. The van der Waals surface area contributed by atoms with Gasteiger partial charge in [0.15, 0.2) is 11.5 Å². The van der Waals surface area contributed by atoms with Crippen molar-refractivity contribution in [1.82, 2.24) is 5.32 Å². The van der Waals surface area contributed by atoms with Gasteiger partial charge in [0.1, 0.15) is 17.8 Å². The Morgan fingerprint density at radius 3 is 2.59 bits per heavy atom. The van der Waals surface area contributed by atoms with Crippen LogP contribution in [-0.2, 0) is 19.4 Å². The molecule has 2 aliphatic rings. The van der Waals surface area contributed by atoms with Gasteiger partial charge in [-0.3, -0.25) is 4.79 Å². The van der Waals surface area contributed by atoms with Crippen molar-refractivity contribution in [2.75, 3.05) is 12.4 Å². The molecule has 0 unspecified atom stereocenters. The highest BCUT2D eigenvalue weighted by molar-refractivity contribution is 7.16. The van der Waals surface area contributed by atoms with E-state index in [1.165, 1.54) is 10.4 Å². The summed E-state index contributed by atoms with van der Waals surface area (Å²) in [6, 6.07) is 15.9. The number of hydrogen-bond donors (Lipinski definition) is 2. The minimum Gasteiger partial charge on any atom is -0.493 e. The van der Waals surface area contributed by atoms with Crippen LogP contribution in [0, 0.1) is 11.3 Å². The Morgan fingerprint density at radius 1 is 1.06 bits per heavy atom. The Hall–Kier alpha value is -2.99. The lowest BCUT2D eigenvalue weighted by molar-refractivity contribution is 0.0934. The molecule has 3 aromatic rings. The minimum absolute atomic E-state index is 0.00818. The van der Waals surface area contributed by atoms with Crippen LogP contribution in [0.2, 0.25) is 0 Å². The summed E-state index contributed by atoms with van der Waals surface area (Å²) in [5.41, 5.74) is 4.39. The first-order chi connectivity index (χ1) is 16.3. The summed E-state index contributed by atoms with van der Waals surface area (Å²) in [7, 11) is 1.64. The van der Waals surface area contributed by atoms with Crippen molar-refractivity contribution in [3.63, 3.8) is 0 Å². The molecule has 34 heavy (non-hydrogen) atoms. The van der Waals surface area contributed by atoms with E-state index in [-0.39, 0.29) is 17.5 Å². The maximum absolute atomic E-state index is 13.2. The number of carbonyl (C=O) groups excluding carboxylic acids is 1. The van der Waals surface area contributed by atoms with Crippen molar-refractivity contribution in [3.05, 3.63) is 75.7 Å². The van der Waals surface area contributed by atoms with Gasteiger partial charge in [-0.2, -0.15) is 0 Å². The van der Waals surface area contributed by atoms with E-state index in [1.54, 1.807) is 18.4 Å². The summed E-state index contributed by atoms with van der Waals surface area (Å²) in [6.45, 7) is 7.42. The number of benzene rings is 2. The molecule has 0 saturated heterocycles. The molecule has 0 spiro atoms. The summed E-state index contributed by atoms with van der Waals surface area (Å²) in [5, 5.41) is 7.71. The first kappa shape index (κ1) is 22.8. The van der Waals surface area contributed by atoms with E-state index in [1.807, 2.05) is 48.5 Å². The molecule has 0 saturated carbocycles. The molecule has 1 amide bonds. The Morgan fingerprint density at radius 2 is 1.85 bits per heavy atom. The van der Waals surface area contributed by atoms with E-state index in [2.05, 4.69) is 31.4 Å². The number of rotatable bonds is 5. The number of anilines is 1. The number of hydrogen-bond acceptors (Lipinski definition) is 5. The molecule has 2 heterocycles. The van der Waals surface area contributed by atoms with E-state index in [9.17, 15) is 4.79 Å². The Labute approximate surface area is 205 Å². The molecule has 1 aliphatic carbocycles. The van der Waals surface area contributed by atoms with Crippen LogP contribution in [-0.4, -0.2) is 13.0 Å². The molecule has 1 aromatic heterocycles. The van der Waals surface area contributed by atoms with Gasteiger partial charge in [0, 0.05) is 4.88 Å². The minimum atomic E-state index is -0.310. The highest BCUT2D eigenvalue weighted by Crippen LogP contribution is 2.46. The maximum atomic E-state index is 13.2. The van der Waals surface area contributed by atoms with Crippen LogP contribution in [0.3, 0.4) is 0 Å². The quantitative estimate of drug-likeness (QED) is 0.451. The molecule has 0 radical (unpaired) electrons. The second-order valence-corrected chi connectivity index (χ2v) is 11.4. The second kappa shape index (κ2) is 8.99. The predicted octanol–water partition coefficient (Wildman–Crippen LogP) is 6.34. The summed E-state index contributed by atoms with van der Waals surface area (Å²) >= 11 is 1.75. The lowest BCUT2D eigenvalue weighted by atomic mass is 9.72. The van der Waals surface area contributed by atoms with E-state index < -0.39 is 0 Å². The molecule has 5 rings (SSSR count). The number of thiophene rings is 1. The van der Waals surface area contributed by atoms with E-state index in [4.69, 9.17) is 9.47 Å². The van der Waals surface area contributed by atoms with Gasteiger partial charge in [-0.15, -0.1) is 11.3 Å². The highest BCUT2D eigenvalue weighted by atomic mass is 32.1. The van der Waals surface area contributed by atoms with Crippen molar-refractivity contribution in [2.45, 2.75) is 52.8 Å². The lowest BCUT2D eigenvalue weighted by Crippen LogP contribution is -2.38. The van der Waals surface area contributed by atoms with Crippen LogP contribution in [0.5, 0.6) is 11.5 Å². The first-order valence-corrected chi connectivity index (χ1v) is 12.7. The zero-order chi connectivity index (χ0) is 23.9. The topological polar surface area (TPSA) is 59.6 Å². The molecule has 1 aliphatic heterocycles.